The van der Waals surface area contributed by atoms with Crippen LogP contribution in [0.5, 0.6) is 0 Å². The molecule has 12 heteroatoms. The fourth-order valence-electron chi connectivity index (χ4n) is 21.7. The van der Waals surface area contributed by atoms with E-state index < -0.39 is 5.41 Å². The Morgan fingerprint density at radius 2 is 0.438 bits per heavy atom. The summed E-state index contributed by atoms with van der Waals surface area (Å²) < 4.78 is 48.9. The first kappa shape index (κ1) is 51.5. The number of ether oxygens (including phenoxy) is 8. The van der Waals surface area contributed by atoms with Crippen molar-refractivity contribution in [1.82, 2.24) is 0 Å². The van der Waals surface area contributed by atoms with Crippen LogP contribution >= 0.6 is 0 Å². The second-order valence-electron chi connectivity index (χ2n) is 29.0. The molecule has 0 aliphatic heterocycles. The molecule has 12 nitrogen and oxygen atoms in total. The molecule has 0 radical (unpaired) electrons. The molecular weight excluding hydrogens is 925 g/mol. The standard InChI is InChI=1S/C61H92O12/c62-53(33-57-21-41-9-42(22-57)11-43(10-41)23-57)70-5-1-66-37-61(38-67-2-6-71-54(63)34-58-24-44-12-45(25-58)14-46(13-44)26-58,39-68-3-7-72-55(64)35-59-27-47-15-48(28-59)17-49(16-47)29-59)40-69-4-8-73-56(65)36-60-30-50-18-51(31-60)20-52(19-50)32-60/h41-52H,1-40H2. The van der Waals surface area contributed by atoms with Crippen LogP contribution in [0.2, 0.25) is 0 Å². The van der Waals surface area contributed by atoms with Gasteiger partial charge in [-0.15, -0.1) is 0 Å². The van der Waals surface area contributed by atoms with E-state index in [1.165, 1.54) is 77.0 Å². The molecule has 0 aromatic heterocycles. The van der Waals surface area contributed by atoms with Gasteiger partial charge in [0.1, 0.15) is 26.4 Å². The van der Waals surface area contributed by atoms with Crippen molar-refractivity contribution in [3.8, 4) is 0 Å². The highest BCUT2D eigenvalue weighted by Crippen LogP contribution is 2.65. The topological polar surface area (TPSA) is 142 Å². The van der Waals surface area contributed by atoms with Crippen LogP contribution in [0, 0.1) is 98.1 Å². The fraction of sp³-hybridized carbons (Fsp3) is 0.934. The molecular formula is C61H92O12. The van der Waals surface area contributed by atoms with Gasteiger partial charge in [0.25, 0.3) is 0 Å². The first-order chi connectivity index (χ1) is 35.3. The monoisotopic (exact) mass is 1020 g/mol. The van der Waals surface area contributed by atoms with Crippen molar-refractivity contribution in [3.05, 3.63) is 0 Å². The van der Waals surface area contributed by atoms with Crippen molar-refractivity contribution in [2.45, 2.75) is 180 Å². The van der Waals surface area contributed by atoms with Crippen LogP contribution < -0.4 is 0 Å². The van der Waals surface area contributed by atoms with Crippen LogP contribution in [0.15, 0.2) is 0 Å². The highest BCUT2D eigenvalue weighted by molar-refractivity contribution is 5.71. The van der Waals surface area contributed by atoms with E-state index in [1.54, 1.807) is 0 Å². The number of carbonyl (C=O) groups excluding carboxylic acids is 4. The van der Waals surface area contributed by atoms with Crippen LogP contribution in [0.1, 0.15) is 180 Å². The molecule has 0 aromatic rings. The van der Waals surface area contributed by atoms with E-state index in [0.29, 0.717) is 25.7 Å². The molecule has 0 aromatic carbocycles. The van der Waals surface area contributed by atoms with Crippen LogP contribution in [0.25, 0.3) is 0 Å². The quantitative estimate of drug-likeness (QED) is 0.0418. The molecule has 0 spiro atoms. The van der Waals surface area contributed by atoms with E-state index >= 15 is 0 Å². The normalized spacial score (nSPS) is 42.3. The van der Waals surface area contributed by atoms with E-state index in [9.17, 15) is 19.2 Å². The summed E-state index contributed by atoms with van der Waals surface area (Å²) in [4.78, 5) is 53.3. The molecule has 408 valence electrons. The summed E-state index contributed by atoms with van der Waals surface area (Å²) >= 11 is 0. The van der Waals surface area contributed by atoms with Gasteiger partial charge in [0, 0.05) is 0 Å². The molecule has 0 saturated heterocycles. The zero-order valence-electron chi connectivity index (χ0n) is 44.6. The van der Waals surface area contributed by atoms with Gasteiger partial charge in [-0.1, -0.05) is 0 Å². The summed E-state index contributed by atoms with van der Waals surface area (Å²) in [6, 6.07) is 0. The van der Waals surface area contributed by atoms with Gasteiger partial charge < -0.3 is 37.9 Å². The SMILES string of the molecule is O=C(CC12CC3CC(CC(C3)C1)C2)OCCOCC(COCCOC(=O)CC12CC3CC(CC(C3)C1)C2)(COCCOC(=O)CC12CC3CC(CC(C3)C1)C2)COCCOC(=O)CC12CC3CC(CC(C3)C1)C2. The number of hydrogen-bond donors (Lipinski definition) is 0. The average molecular weight is 1020 g/mol. The molecule has 16 aliphatic carbocycles. The Morgan fingerprint density at radius 3 is 0.603 bits per heavy atom. The van der Waals surface area contributed by atoms with Crippen LogP contribution in [0.3, 0.4) is 0 Å². The van der Waals surface area contributed by atoms with Crippen molar-refractivity contribution in [2.75, 3.05) is 79.3 Å². The second-order valence-corrected chi connectivity index (χ2v) is 29.0. The van der Waals surface area contributed by atoms with E-state index in [2.05, 4.69) is 0 Å². The maximum absolute atomic E-state index is 13.3. The van der Waals surface area contributed by atoms with Crippen molar-refractivity contribution < 1.29 is 57.1 Å². The van der Waals surface area contributed by atoms with Crippen molar-refractivity contribution >= 4 is 23.9 Å². The number of carbonyl (C=O) groups is 4. The third-order valence-corrected chi connectivity index (χ3v) is 22.3. The maximum atomic E-state index is 13.3. The highest BCUT2D eigenvalue weighted by Gasteiger charge is 2.55. The van der Waals surface area contributed by atoms with Gasteiger partial charge in [-0.3, -0.25) is 19.2 Å². The predicted molar refractivity (Wildman–Crippen MR) is 270 cm³/mol. The van der Waals surface area contributed by atoms with Gasteiger partial charge in [-0.05, 0) is 247 Å². The van der Waals surface area contributed by atoms with Crippen molar-refractivity contribution in [2.24, 2.45) is 98.1 Å². The zero-order chi connectivity index (χ0) is 49.7. The Bertz CT molecular complexity index is 1560. The van der Waals surface area contributed by atoms with E-state index in [1.807, 2.05) is 0 Å². The van der Waals surface area contributed by atoms with Gasteiger partial charge >= 0.3 is 23.9 Å². The van der Waals surface area contributed by atoms with Crippen LogP contribution in [0.4, 0.5) is 0 Å². The Hall–Kier alpha value is -2.28. The third-order valence-electron chi connectivity index (χ3n) is 22.3. The lowest BCUT2D eigenvalue weighted by Crippen LogP contribution is -2.47. The van der Waals surface area contributed by atoms with E-state index in [4.69, 9.17) is 37.9 Å². The first-order valence-corrected chi connectivity index (χ1v) is 30.3. The Balaban J connectivity index is 0.648. The molecule has 0 unspecified atom stereocenters. The molecule has 73 heavy (non-hydrogen) atoms. The summed E-state index contributed by atoms with van der Waals surface area (Å²) in [5.41, 5.74) is -0.363. The molecule has 0 N–H and O–H groups in total. The minimum Gasteiger partial charge on any atom is -0.463 e. The largest absolute Gasteiger partial charge is 0.463 e. The molecule has 16 aliphatic rings. The summed E-state index contributed by atoms with van der Waals surface area (Å²) in [5, 5.41) is 0. The molecule has 0 amide bonds. The smallest absolute Gasteiger partial charge is 0.306 e. The Morgan fingerprint density at radius 1 is 0.274 bits per heavy atom. The summed E-state index contributed by atoms with van der Waals surface area (Å²) in [5.74, 6) is 8.81. The molecule has 16 bridgehead atoms. The first-order valence-electron chi connectivity index (χ1n) is 30.3. The Kier molecular flexibility index (Phi) is 15.2. The van der Waals surface area contributed by atoms with Crippen LogP contribution in [-0.4, -0.2) is 103 Å². The fourth-order valence-corrected chi connectivity index (χ4v) is 21.7. The lowest BCUT2D eigenvalue weighted by molar-refractivity contribution is -0.157. The lowest BCUT2D eigenvalue weighted by atomic mass is 9.49. The maximum Gasteiger partial charge on any atom is 0.306 e. The van der Waals surface area contributed by atoms with Gasteiger partial charge in [-0.25, -0.2) is 0 Å². The molecule has 0 atom stereocenters. The summed E-state index contributed by atoms with van der Waals surface area (Å²) in [7, 11) is 0. The minimum atomic E-state index is -0.821. The summed E-state index contributed by atoms with van der Waals surface area (Å²) in [6.45, 7) is 2.19. The minimum absolute atomic E-state index is 0.114. The van der Waals surface area contributed by atoms with Crippen LogP contribution in [-0.2, 0) is 57.1 Å². The zero-order valence-corrected chi connectivity index (χ0v) is 44.6. The van der Waals surface area contributed by atoms with Crippen molar-refractivity contribution in [3.63, 3.8) is 0 Å². The Labute approximate surface area is 436 Å². The lowest BCUT2D eigenvalue weighted by Gasteiger charge is -2.56. The average Bonchev–Trinajstić information content (AvgIpc) is 3.28. The van der Waals surface area contributed by atoms with Crippen molar-refractivity contribution in [1.29, 1.82) is 0 Å². The van der Waals surface area contributed by atoms with Gasteiger partial charge in [0.15, 0.2) is 0 Å². The number of hydrogen-bond acceptors (Lipinski definition) is 12. The third kappa shape index (κ3) is 12.2. The van der Waals surface area contributed by atoms with E-state index in [0.717, 1.165) is 148 Å². The second kappa shape index (κ2) is 21.5. The molecule has 16 fully saturated rings. The van der Waals surface area contributed by atoms with E-state index in [-0.39, 0.29) is 125 Å². The molecule has 16 saturated carbocycles. The van der Waals surface area contributed by atoms with Gasteiger partial charge in [-0.2, -0.15) is 0 Å². The molecule has 0 heterocycles. The number of esters is 4. The highest BCUT2D eigenvalue weighted by atomic mass is 16.6. The predicted octanol–water partition coefficient (Wildman–Crippen LogP) is 10.6. The number of rotatable bonds is 28. The summed E-state index contributed by atoms with van der Waals surface area (Å²) in [6.07, 6.45) is 32.1. The van der Waals surface area contributed by atoms with Gasteiger partial charge in [0.05, 0.1) is 84.0 Å². The van der Waals surface area contributed by atoms with Gasteiger partial charge in [0.2, 0.25) is 0 Å². The molecule has 16 rings (SSSR count).